The van der Waals surface area contributed by atoms with Crippen LogP contribution in [0, 0.1) is 0 Å². The van der Waals surface area contributed by atoms with Crippen LogP contribution >= 0.6 is 11.6 Å². The first kappa shape index (κ1) is 24.7. The number of anilines is 3. The van der Waals surface area contributed by atoms with Crippen molar-refractivity contribution < 1.29 is 14.4 Å². The summed E-state index contributed by atoms with van der Waals surface area (Å²) in [7, 11) is 0. The molecule has 1 atom stereocenters. The number of halogens is 1. The summed E-state index contributed by atoms with van der Waals surface area (Å²) in [5.74, 6) is -0.228. The number of aromatic nitrogens is 1. The lowest BCUT2D eigenvalue weighted by Crippen LogP contribution is -2.35. The molecule has 1 aromatic heterocycles. The van der Waals surface area contributed by atoms with Gasteiger partial charge in [-0.3, -0.25) is 14.4 Å². The average Bonchev–Trinajstić information content (AvgIpc) is 3.40. The maximum Gasteiger partial charge on any atom is 0.252 e. The number of nitrogen functional groups attached to an aromatic ring is 1. The van der Waals surface area contributed by atoms with Crippen LogP contribution in [0.4, 0.5) is 17.2 Å². The second-order valence-electron chi connectivity index (χ2n) is 9.27. The summed E-state index contributed by atoms with van der Waals surface area (Å²) in [6, 6.07) is 12.6. The standard InChI is InChI=1S/C27H27ClN6O3/c1-2-30-13-19-18(7-8-21(28)23(19)29)25(36)32-14-22(35)33-17-6-5-15-11-27(12-16(15)10-17)20-4-3-9-31-24(20)34-26(27)37/h3-10,30H,2,11-14,29H2,1H3,(H,32,36)(H,33,35)(H,31,34,37). The molecular weight excluding hydrogens is 492 g/mol. The zero-order chi connectivity index (χ0) is 26.2. The highest BCUT2D eigenvalue weighted by Crippen LogP contribution is 2.46. The first-order valence-corrected chi connectivity index (χ1v) is 12.4. The van der Waals surface area contributed by atoms with E-state index in [2.05, 4.69) is 26.3 Å². The molecule has 1 spiro atoms. The molecule has 6 N–H and O–H groups in total. The fourth-order valence-electron chi connectivity index (χ4n) is 5.10. The molecule has 2 aliphatic rings. The Hall–Kier alpha value is -3.95. The van der Waals surface area contributed by atoms with Gasteiger partial charge in [-0.1, -0.05) is 30.7 Å². The van der Waals surface area contributed by atoms with Gasteiger partial charge in [-0.2, -0.15) is 0 Å². The van der Waals surface area contributed by atoms with E-state index < -0.39 is 11.3 Å². The van der Waals surface area contributed by atoms with Crippen LogP contribution in [0.25, 0.3) is 0 Å². The topological polar surface area (TPSA) is 138 Å². The number of amides is 3. The van der Waals surface area contributed by atoms with Crippen LogP contribution in [0.1, 0.15) is 39.5 Å². The summed E-state index contributed by atoms with van der Waals surface area (Å²) < 4.78 is 0. The smallest absolute Gasteiger partial charge is 0.252 e. The van der Waals surface area contributed by atoms with Crippen molar-refractivity contribution in [2.24, 2.45) is 0 Å². The summed E-state index contributed by atoms with van der Waals surface area (Å²) in [6.45, 7) is 2.81. The number of fused-ring (bicyclic) bond motifs is 3. The monoisotopic (exact) mass is 518 g/mol. The Labute approximate surface area is 219 Å². The van der Waals surface area contributed by atoms with Gasteiger partial charge >= 0.3 is 0 Å². The number of nitrogens with one attached hydrogen (secondary N) is 4. The predicted octanol–water partition coefficient (Wildman–Crippen LogP) is 2.78. The molecule has 0 saturated carbocycles. The summed E-state index contributed by atoms with van der Waals surface area (Å²) in [5, 5.41) is 11.9. The quantitative estimate of drug-likeness (QED) is 0.305. The van der Waals surface area contributed by atoms with Crippen LogP contribution in [-0.4, -0.2) is 35.8 Å². The highest BCUT2D eigenvalue weighted by Gasteiger charge is 2.51. The molecule has 190 valence electrons. The second kappa shape index (κ2) is 9.84. The van der Waals surface area contributed by atoms with Crippen LogP contribution in [0.2, 0.25) is 5.02 Å². The number of nitrogens with two attached hydrogens (primary N) is 1. The number of carbonyl (C=O) groups excluding carboxylic acids is 3. The highest BCUT2D eigenvalue weighted by molar-refractivity contribution is 6.33. The molecule has 3 aromatic rings. The number of carbonyl (C=O) groups is 3. The van der Waals surface area contributed by atoms with Gasteiger partial charge in [-0.05, 0) is 60.8 Å². The van der Waals surface area contributed by atoms with Gasteiger partial charge in [0.2, 0.25) is 11.8 Å². The molecule has 5 rings (SSSR count). The predicted molar refractivity (Wildman–Crippen MR) is 143 cm³/mol. The van der Waals surface area contributed by atoms with Gasteiger partial charge in [0, 0.05) is 35.1 Å². The van der Waals surface area contributed by atoms with Gasteiger partial charge in [-0.25, -0.2) is 4.98 Å². The molecule has 1 unspecified atom stereocenters. The van der Waals surface area contributed by atoms with Gasteiger partial charge in [0.25, 0.3) is 5.91 Å². The third-order valence-electron chi connectivity index (χ3n) is 6.97. The normalized spacial score (nSPS) is 17.3. The highest BCUT2D eigenvalue weighted by atomic mass is 35.5. The van der Waals surface area contributed by atoms with E-state index in [1.807, 2.05) is 37.3 Å². The molecule has 3 amide bonds. The van der Waals surface area contributed by atoms with Gasteiger partial charge < -0.3 is 27.0 Å². The Morgan fingerprint density at radius 1 is 1.16 bits per heavy atom. The number of pyridine rings is 1. The minimum Gasteiger partial charge on any atom is -0.397 e. The van der Waals surface area contributed by atoms with E-state index in [0.717, 1.165) is 16.7 Å². The molecule has 1 aliphatic heterocycles. The number of hydrogen-bond acceptors (Lipinski definition) is 6. The lowest BCUT2D eigenvalue weighted by Gasteiger charge is -2.20. The van der Waals surface area contributed by atoms with Crippen molar-refractivity contribution in [3.63, 3.8) is 0 Å². The van der Waals surface area contributed by atoms with Crippen molar-refractivity contribution in [1.29, 1.82) is 0 Å². The number of rotatable bonds is 7. The molecule has 0 fully saturated rings. The van der Waals surface area contributed by atoms with Gasteiger partial charge in [0.1, 0.15) is 5.82 Å². The summed E-state index contributed by atoms with van der Waals surface area (Å²) >= 11 is 6.13. The summed E-state index contributed by atoms with van der Waals surface area (Å²) in [4.78, 5) is 42.6. The van der Waals surface area contributed by atoms with Gasteiger partial charge in [0.05, 0.1) is 22.7 Å². The Bertz CT molecular complexity index is 1430. The van der Waals surface area contributed by atoms with Crippen LogP contribution < -0.4 is 27.0 Å². The Morgan fingerprint density at radius 3 is 2.78 bits per heavy atom. The average molecular weight is 519 g/mol. The van der Waals surface area contributed by atoms with E-state index in [0.29, 0.717) is 59.3 Å². The van der Waals surface area contributed by atoms with Crippen LogP contribution in [0.15, 0.2) is 48.7 Å². The van der Waals surface area contributed by atoms with E-state index >= 15 is 0 Å². The molecule has 2 heterocycles. The van der Waals surface area contributed by atoms with Crippen molar-refractivity contribution in [1.82, 2.24) is 15.6 Å². The minimum atomic E-state index is -0.673. The third kappa shape index (κ3) is 4.52. The SMILES string of the molecule is CCNCc1c(C(=O)NCC(=O)Nc2ccc3c(c2)CC2(C3)C(=O)Nc3ncccc32)ccc(Cl)c1N. The second-order valence-corrected chi connectivity index (χ2v) is 9.68. The van der Waals surface area contributed by atoms with E-state index in [9.17, 15) is 14.4 Å². The molecule has 10 heteroatoms. The first-order chi connectivity index (χ1) is 17.8. The summed E-state index contributed by atoms with van der Waals surface area (Å²) in [6.07, 6.45) is 2.77. The van der Waals surface area contributed by atoms with Crippen molar-refractivity contribution in [2.75, 3.05) is 29.5 Å². The molecule has 1 aliphatic carbocycles. The van der Waals surface area contributed by atoms with Crippen LogP contribution in [0.5, 0.6) is 0 Å². The van der Waals surface area contributed by atoms with Gasteiger partial charge in [0.15, 0.2) is 0 Å². The number of nitrogens with zero attached hydrogens (tertiary/aromatic N) is 1. The van der Waals surface area contributed by atoms with E-state index in [-0.39, 0.29) is 18.4 Å². The zero-order valence-corrected chi connectivity index (χ0v) is 21.0. The largest absolute Gasteiger partial charge is 0.397 e. The maximum atomic E-state index is 12.9. The molecule has 9 nitrogen and oxygen atoms in total. The molecule has 0 bridgehead atoms. The Kier molecular flexibility index (Phi) is 6.57. The van der Waals surface area contributed by atoms with Crippen LogP contribution in [0.3, 0.4) is 0 Å². The van der Waals surface area contributed by atoms with Gasteiger partial charge in [-0.15, -0.1) is 0 Å². The molecule has 37 heavy (non-hydrogen) atoms. The molecule has 2 aromatic carbocycles. The molecule has 0 radical (unpaired) electrons. The minimum absolute atomic E-state index is 0.0537. The van der Waals surface area contributed by atoms with Crippen LogP contribution in [-0.2, 0) is 34.4 Å². The van der Waals surface area contributed by atoms with E-state index in [4.69, 9.17) is 17.3 Å². The number of hydrogen-bond donors (Lipinski definition) is 5. The third-order valence-corrected chi connectivity index (χ3v) is 7.30. The molecular formula is C27H27ClN6O3. The fraction of sp³-hybridized carbons (Fsp3) is 0.259. The van der Waals surface area contributed by atoms with Crippen molar-refractivity contribution >= 4 is 46.5 Å². The lowest BCUT2D eigenvalue weighted by molar-refractivity contribution is -0.120. The van der Waals surface area contributed by atoms with Crippen molar-refractivity contribution in [2.45, 2.75) is 31.7 Å². The van der Waals surface area contributed by atoms with Crippen molar-refractivity contribution in [3.05, 3.63) is 81.5 Å². The zero-order valence-electron chi connectivity index (χ0n) is 20.3. The van der Waals surface area contributed by atoms with Crippen molar-refractivity contribution in [3.8, 4) is 0 Å². The lowest BCUT2D eigenvalue weighted by atomic mass is 9.79. The molecule has 0 saturated heterocycles. The maximum absolute atomic E-state index is 12.9. The fourth-order valence-corrected chi connectivity index (χ4v) is 5.27. The first-order valence-electron chi connectivity index (χ1n) is 12.1. The number of benzene rings is 2. The Balaban J connectivity index is 1.24. The van der Waals surface area contributed by atoms with E-state index in [1.54, 1.807) is 18.3 Å². The summed E-state index contributed by atoms with van der Waals surface area (Å²) in [5.41, 5.74) is 10.3. The Morgan fingerprint density at radius 2 is 1.97 bits per heavy atom. The van der Waals surface area contributed by atoms with E-state index in [1.165, 1.54) is 0 Å².